The molecular formula is C17H18N4O. The maximum absolute atomic E-state index is 7.86. The first kappa shape index (κ1) is 13.2. The van der Waals surface area contributed by atoms with Crippen LogP contribution < -0.4 is 0 Å². The number of nitrogens with zero attached hydrogens (tertiary/aromatic N) is 3. The van der Waals surface area contributed by atoms with Crippen LogP contribution >= 0.6 is 0 Å². The molecule has 112 valence electrons. The van der Waals surface area contributed by atoms with Crippen molar-refractivity contribution < 1.29 is 4.74 Å². The zero-order chi connectivity index (χ0) is 15.2. The van der Waals surface area contributed by atoms with E-state index >= 15 is 0 Å². The number of rotatable bonds is 1. The number of hydrogen-bond acceptors (Lipinski definition) is 4. The number of ether oxygens (including phenoxy) is 1. The summed E-state index contributed by atoms with van der Waals surface area (Å²) < 4.78 is 5.48. The van der Waals surface area contributed by atoms with Crippen LogP contribution in [0.1, 0.15) is 17.5 Å². The van der Waals surface area contributed by atoms with Gasteiger partial charge in [-0.1, -0.05) is 18.2 Å². The number of likely N-dealkylation sites (N-methyl/N-ethyl adjacent to an activating group) is 1. The maximum atomic E-state index is 7.86. The lowest BCUT2D eigenvalue weighted by Gasteiger charge is -2.38. The van der Waals surface area contributed by atoms with Crippen molar-refractivity contribution in [2.45, 2.75) is 24.8 Å². The zero-order valence-electron chi connectivity index (χ0n) is 12.5. The third-order valence-corrected chi connectivity index (χ3v) is 5.00. The maximum Gasteiger partial charge on any atom is 0.284 e. The number of hydrogen-bond donors (Lipinski definition) is 1. The van der Waals surface area contributed by atoms with Gasteiger partial charge < -0.3 is 9.64 Å². The highest BCUT2D eigenvalue weighted by molar-refractivity contribution is 5.74. The van der Waals surface area contributed by atoms with Gasteiger partial charge in [0.1, 0.15) is 12.9 Å². The summed E-state index contributed by atoms with van der Waals surface area (Å²) in [6, 6.07) is 6.73. The van der Waals surface area contributed by atoms with Crippen LogP contribution in [-0.4, -0.2) is 40.1 Å². The Morgan fingerprint density at radius 1 is 1.27 bits per heavy atom. The molecule has 4 rings (SSSR count). The Morgan fingerprint density at radius 2 is 2.09 bits per heavy atom. The molecule has 1 saturated heterocycles. The molecule has 1 atom stereocenters. The molecule has 5 heteroatoms. The Balaban J connectivity index is 1.75. The van der Waals surface area contributed by atoms with Crippen molar-refractivity contribution in [1.82, 2.24) is 14.9 Å². The first-order chi connectivity index (χ1) is 10.7. The van der Waals surface area contributed by atoms with Crippen molar-refractivity contribution in [2.24, 2.45) is 0 Å². The molecule has 1 aliphatic carbocycles. The molecule has 22 heavy (non-hydrogen) atoms. The average molecular weight is 294 g/mol. The number of benzene rings is 1. The molecular weight excluding hydrogens is 276 g/mol. The van der Waals surface area contributed by atoms with Crippen LogP contribution in [0.15, 0.2) is 36.9 Å². The van der Waals surface area contributed by atoms with E-state index in [0.717, 1.165) is 24.8 Å². The van der Waals surface area contributed by atoms with Crippen molar-refractivity contribution in [3.63, 3.8) is 0 Å². The number of amidine groups is 1. The molecule has 2 aromatic rings. The van der Waals surface area contributed by atoms with Gasteiger partial charge in [0.15, 0.2) is 0 Å². The molecule has 0 radical (unpaired) electrons. The van der Waals surface area contributed by atoms with Gasteiger partial charge in [0.25, 0.3) is 6.02 Å². The summed E-state index contributed by atoms with van der Waals surface area (Å²) in [5.41, 5.74) is 4.96. The molecule has 2 aliphatic rings. The Morgan fingerprint density at radius 3 is 2.82 bits per heavy atom. The standard InChI is InChI=1S/C17H18N4O/c1-21-16(18)22-10-17(21)6-5-15-12(7-17)3-2-4-14(15)13-8-19-11-20-9-13/h2-4,8-9,11,18H,5-7,10H2,1H3/t17-/m0/s1. The predicted octanol–water partition coefficient (Wildman–Crippen LogP) is 2.27. The number of aromatic nitrogens is 2. The largest absolute Gasteiger partial charge is 0.463 e. The third kappa shape index (κ3) is 1.89. The van der Waals surface area contributed by atoms with E-state index in [9.17, 15) is 0 Å². The highest BCUT2D eigenvalue weighted by Crippen LogP contribution is 2.39. The molecule has 0 amide bonds. The second-order valence-corrected chi connectivity index (χ2v) is 6.12. The van der Waals surface area contributed by atoms with Crippen LogP contribution in [0.2, 0.25) is 0 Å². The van der Waals surface area contributed by atoms with Gasteiger partial charge in [0, 0.05) is 25.0 Å². The van der Waals surface area contributed by atoms with Crippen molar-refractivity contribution in [3.8, 4) is 11.1 Å². The van der Waals surface area contributed by atoms with E-state index < -0.39 is 0 Å². The summed E-state index contributed by atoms with van der Waals surface area (Å²) in [5, 5.41) is 7.86. The molecule has 0 unspecified atom stereocenters. The Labute approximate surface area is 129 Å². The fraction of sp³-hybridized carbons (Fsp3) is 0.353. The Hall–Kier alpha value is -2.43. The highest BCUT2D eigenvalue weighted by Gasteiger charge is 2.45. The summed E-state index contributed by atoms with van der Waals surface area (Å²) in [6.45, 7) is 0.612. The Bertz CT molecular complexity index is 731. The van der Waals surface area contributed by atoms with E-state index in [1.54, 1.807) is 6.33 Å². The van der Waals surface area contributed by atoms with Gasteiger partial charge in [-0.05, 0) is 36.0 Å². The number of nitrogens with one attached hydrogen (secondary N) is 1. The van der Waals surface area contributed by atoms with Crippen molar-refractivity contribution in [1.29, 1.82) is 5.41 Å². The van der Waals surface area contributed by atoms with Gasteiger partial charge in [0.2, 0.25) is 0 Å². The molecule has 1 aliphatic heterocycles. The Kier molecular flexibility index (Phi) is 2.89. The van der Waals surface area contributed by atoms with Crippen LogP contribution in [0.5, 0.6) is 0 Å². The summed E-state index contributed by atoms with van der Waals surface area (Å²) >= 11 is 0. The van der Waals surface area contributed by atoms with Crippen LogP contribution in [0, 0.1) is 5.41 Å². The van der Waals surface area contributed by atoms with Gasteiger partial charge in [-0.3, -0.25) is 5.41 Å². The molecule has 1 N–H and O–H groups in total. The molecule has 1 fully saturated rings. The molecule has 2 heterocycles. The van der Waals surface area contributed by atoms with Crippen LogP contribution in [0.25, 0.3) is 11.1 Å². The van der Waals surface area contributed by atoms with Crippen LogP contribution in [-0.2, 0) is 17.6 Å². The highest BCUT2D eigenvalue weighted by atomic mass is 16.5. The van der Waals surface area contributed by atoms with Gasteiger partial charge in [-0.2, -0.15) is 0 Å². The van der Waals surface area contributed by atoms with Crippen molar-refractivity contribution >= 4 is 6.02 Å². The number of fused-ring (bicyclic) bond motifs is 1. The normalized spacial score (nSPS) is 23.5. The molecule has 0 bridgehead atoms. The summed E-state index contributed by atoms with van der Waals surface area (Å²) in [4.78, 5) is 10.3. The second-order valence-electron chi connectivity index (χ2n) is 6.12. The van der Waals surface area contributed by atoms with Crippen LogP contribution in [0.3, 0.4) is 0 Å². The smallest absolute Gasteiger partial charge is 0.284 e. The average Bonchev–Trinajstić information content (AvgIpc) is 2.83. The van der Waals surface area contributed by atoms with Crippen molar-refractivity contribution in [3.05, 3.63) is 48.0 Å². The fourth-order valence-electron chi connectivity index (χ4n) is 3.63. The van der Waals surface area contributed by atoms with Gasteiger partial charge in [-0.15, -0.1) is 0 Å². The molecule has 0 saturated carbocycles. The van der Waals surface area contributed by atoms with E-state index in [1.165, 1.54) is 16.7 Å². The third-order valence-electron chi connectivity index (χ3n) is 5.00. The van der Waals surface area contributed by atoms with Gasteiger partial charge in [0.05, 0.1) is 5.54 Å². The summed E-state index contributed by atoms with van der Waals surface area (Å²) in [6.07, 6.45) is 8.21. The topological polar surface area (TPSA) is 62.1 Å². The minimum absolute atomic E-state index is 0.0596. The monoisotopic (exact) mass is 294 g/mol. The lowest BCUT2D eigenvalue weighted by atomic mass is 9.76. The quantitative estimate of drug-likeness (QED) is 0.876. The molecule has 1 aromatic carbocycles. The molecule has 5 nitrogen and oxygen atoms in total. The first-order valence-electron chi connectivity index (χ1n) is 7.51. The predicted molar refractivity (Wildman–Crippen MR) is 83.7 cm³/mol. The van der Waals surface area contributed by atoms with E-state index in [-0.39, 0.29) is 11.6 Å². The minimum atomic E-state index is -0.0596. The molecule has 1 spiro atoms. The minimum Gasteiger partial charge on any atom is -0.463 e. The van der Waals surface area contributed by atoms with E-state index in [0.29, 0.717) is 6.61 Å². The summed E-state index contributed by atoms with van der Waals surface area (Å²) in [5.74, 6) is 0. The first-order valence-corrected chi connectivity index (χ1v) is 7.51. The lowest BCUT2D eigenvalue weighted by molar-refractivity contribution is 0.179. The molecule has 1 aromatic heterocycles. The second kappa shape index (κ2) is 4.80. The zero-order valence-corrected chi connectivity index (χ0v) is 12.5. The van der Waals surface area contributed by atoms with Gasteiger partial charge in [-0.25, -0.2) is 9.97 Å². The van der Waals surface area contributed by atoms with Gasteiger partial charge >= 0.3 is 0 Å². The SMILES string of the molecule is CN1C(=N)OC[C@@]12CCc1c(cccc1-c1cncnc1)C2. The lowest BCUT2D eigenvalue weighted by Crippen LogP contribution is -2.49. The van der Waals surface area contributed by atoms with E-state index in [4.69, 9.17) is 10.1 Å². The fourth-order valence-corrected chi connectivity index (χ4v) is 3.63. The van der Waals surface area contributed by atoms with Crippen LogP contribution in [0.4, 0.5) is 0 Å². The van der Waals surface area contributed by atoms with E-state index in [2.05, 4.69) is 28.2 Å². The summed E-state index contributed by atoms with van der Waals surface area (Å²) in [7, 11) is 1.97. The van der Waals surface area contributed by atoms with Crippen molar-refractivity contribution in [2.75, 3.05) is 13.7 Å². The van der Waals surface area contributed by atoms with E-state index in [1.807, 2.05) is 24.3 Å².